The zero-order valence-electron chi connectivity index (χ0n) is 13.4. The van der Waals surface area contributed by atoms with Crippen molar-refractivity contribution < 1.29 is 14.7 Å². The van der Waals surface area contributed by atoms with E-state index >= 15 is 0 Å². The first-order chi connectivity index (χ1) is 10.0. The lowest BCUT2D eigenvalue weighted by Gasteiger charge is -2.17. The highest BCUT2D eigenvalue weighted by Gasteiger charge is 2.24. The van der Waals surface area contributed by atoms with Crippen molar-refractivity contribution in [1.29, 1.82) is 0 Å². The standard InChI is InChI=1S/C16H30N2O3/c1-3-4-13(7-8-15(19)20)9-10-17-16(21)18-12(2)11-14-5-6-14/h12-14H,3-11H2,1-2H3,(H,19,20)(H2,17,18,21). The maximum atomic E-state index is 11.7. The molecule has 1 aliphatic carbocycles. The van der Waals surface area contributed by atoms with Crippen molar-refractivity contribution in [3.63, 3.8) is 0 Å². The molecule has 0 bridgehead atoms. The number of nitrogens with one attached hydrogen (secondary N) is 2. The van der Waals surface area contributed by atoms with Gasteiger partial charge in [-0.2, -0.15) is 0 Å². The van der Waals surface area contributed by atoms with Crippen LogP contribution in [0, 0.1) is 11.8 Å². The Morgan fingerprint density at radius 2 is 1.95 bits per heavy atom. The summed E-state index contributed by atoms with van der Waals surface area (Å²) in [6.07, 6.45) is 7.52. The number of urea groups is 1. The number of aliphatic carboxylic acids is 1. The van der Waals surface area contributed by atoms with Gasteiger partial charge in [0.25, 0.3) is 0 Å². The Labute approximate surface area is 127 Å². The number of hydrogen-bond donors (Lipinski definition) is 3. The van der Waals surface area contributed by atoms with E-state index < -0.39 is 5.97 Å². The molecule has 0 aliphatic heterocycles. The highest BCUT2D eigenvalue weighted by Crippen LogP contribution is 2.33. The summed E-state index contributed by atoms with van der Waals surface area (Å²) in [5.41, 5.74) is 0. The van der Waals surface area contributed by atoms with Crippen LogP contribution in [-0.2, 0) is 4.79 Å². The van der Waals surface area contributed by atoms with Gasteiger partial charge in [0.2, 0.25) is 0 Å². The molecule has 1 saturated carbocycles. The van der Waals surface area contributed by atoms with Gasteiger partial charge in [0.1, 0.15) is 0 Å². The molecule has 3 N–H and O–H groups in total. The number of hydrogen-bond acceptors (Lipinski definition) is 2. The maximum Gasteiger partial charge on any atom is 0.314 e. The maximum absolute atomic E-state index is 11.7. The predicted molar refractivity (Wildman–Crippen MR) is 83.2 cm³/mol. The number of rotatable bonds is 11. The molecule has 0 radical (unpaired) electrons. The van der Waals surface area contributed by atoms with Crippen LogP contribution in [0.1, 0.15) is 65.2 Å². The largest absolute Gasteiger partial charge is 0.481 e. The molecule has 1 fully saturated rings. The summed E-state index contributed by atoms with van der Waals surface area (Å²) in [4.78, 5) is 22.4. The third-order valence-corrected chi connectivity index (χ3v) is 4.06. The zero-order valence-corrected chi connectivity index (χ0v) is 13.4. The summed E-state index contributed by atoms with van der Waals surface area (Å²) in [5.74, 6) is 0.455. The van der Waals surface area contributed by atoms with E-state index in [1.807, 2.05) is 6.92 Å². The van der Waals surface area contributed by atoms with Gasteiger partial charge >= 0.3 is 12.0 Å². The first kappa shape index (κ1) is 17.8. The summed E-state index contributed by atoms with van der Waals surface area (Å²) in [7, 11) is 0. The van der Waals surface area contributed by atoms with Crippen LogP contribution in [0.15, 0.2) is 0 Å². The Morgan fingerprint density at radius 3 is 2.52 bits per heavy atom. The van der Waals surface area contributed by atoms with Gasteiger partial charge in [-0.05, 0) is 38.0 Å². The van der Waals surface area contributed by atoms with Crippen molar-refractivity contribution in [2.75, 3.05) is 6.54 Å². The van der Waals surface area contributed by atoms with Crippen molar-refractivity contribution >= 4 is 12.0 Å². The minimum atomic E-state index is -0.740. The fourth-order valence-electron chi connectivity index (χ4n) is 2.75. The van der Waals surface area contributed by atoms with Crippen LogP contribution in [0.4, 0.5) is 4.79 Å². The van der Waals surface area contributed by atoms with Gasteiger partial charge in [-0.1, -0.05) is 32.6 Å². The van der Waals surface area contributed by atoms with Crippen molar-refractivity contribution in [2.45, 2.75) is 71.3 Å². The lowest BCUT2D eigenvalue weighted by molar-refractivity contribution is -0.137. The average Bonchev–Trinajstić information content (AvgIpc) is 3.19. The van der Waals surface area contributed by atoms with Gasteiger partial charge in [-0.25, -0.2) is 4.79 Å². The van der Waals surface area contributed by atoms with Gasteiger partial charge in [-0.15, -0.1) is 0 Å². The molecule has 0 aromatic carbocycles. The topological polar surface area (TPSA) is 78.4 Å². The highest BCUT2D eigenvalue weighted by atomic mass is 16.4. The summed E-state index contributed by atoms with van der Waals surface area (Å²) in [6.45, 7) is 4.77. The van der Waals surface area contributed by atoms with E-state index in [9.17, 15) is 9.59 Å². The van der Waals surface area contributed by atoms with Crippen LogP contribution in [0.5, 0.6) is 0 Å². The average molecular weight is 298 g/mol. The summed E-state index contributed by atoms with van der Waals surface area (Å²) < 4.78 is 0. The Morgan fingerprint density at radius 1 is 1.24 bits per heavy atom. The van der Waals surface area contributed by atoms with Crippen LogP contribution in [-0.4, -0.2) is 29.7 Å². The molecule has 2 unspecified atom stereocenters. The fourth-order valence-corrected chi connectivity index (χ4v) is 2.75. The normalized spacial score (nSPS) is 17.0. The van der Waals surface area contributed by atoms with E-state index in [1.165, 1.54) is 12.8 Å². The van der Waals surface area contributed by atoms with Crippen LogP contribution < -0.4 is 10.6 Å². The van der Waals surface area contributed by atoms with Gasteiger partial charge in [0, 0.05) is 19.0 Å². The lowest BCUT2D eigenvalue weighted by Crippen LogP contribution is -2.41. The van der Waals surface area contributed by atoms with Gasteiger partial charge in [0.15, 0.2) is 0 Å². The highest BCUT2D eigenvalue weighted by molar-refractivity contribution is 5.74. The quantitative estimate of drug-likeness (QED) is 0.548. The Balaban J connectivity index is 2.12. The second-order valence-corrected chi connectivity index (χ2v) is 6.36. The van der Waals surface area contributed by atoms with E-state index in [0.29, 0.717) is 18.9 Å². The van der Waals surface area contributed by atoms with Crippen LogP contribution in [0.3, 0.4) is 0 Å². The molecule has 5 heteroatoms. The minimum Gasteiger partial charge on any atom is -0.481 e. The van der Waals surface area contributed by atoms with Crippen molar-refractivity contribution in [2.24, 2.45) is 11.8 Å². The Bertz CT molecular complexity index is 329. The van der Waals surface area contributed by atoms with Crippen LogP contribution >= 0.6 is 0 Å². The fraction of sp³-hybridized carbons (Fsp3) is 0.875. The second kappa shape index (κ2) is 9.64. The molecule has 1 aliphatic rings. The first-order valence-electron chi connectivity index (χ1n) is 8.27. The monoisotopic (exact) mass is 298 g/mol. The number of amides is 2. The molecular formula is C16H30N2O3. The molecule has 2 atom stereocenters. The van der Waals surface area contributed by atoms with Crippen molar-refractivity contribution in [1.82, 2.24) is 10.6 Å². The summed E-state index contributed by atoms with van der Waals surface area (Å²) in [5, 5.41) is 14.6. The summed E-state index contributed by atoms with van der Waals surface area (Å²) in [6, 6.07) is 0.132. The number of carboxylic acids is 1. The molecule has 5 nitrogen and oxygen atoms in total. The van der Waals surface area contributed by atoms with Crippen LogP contribution in [0.25, 0.3) is 0 Å². The van der Waals surface area contributed by atoms with Gasteiger partial charge in [-0.3, -0.25) is 4.79 Å². The molecule has 0 heterocycles. The Hall–Kier alpha value is -1.26. The molecule has 2 amide bonds. The Kier molecular flexibility index (Phi) is 8.16. The number of carboxylic acid groups (broad SMARTS) is 1. The van der Waals surface area contributed by atoms with Gasteiger partial charge in [0.05, 0.1) is 0 Å². The van der Waals surface area contributed by atoms with E-state index in [0.717, 1.165) is 31.6 Å². The van der Waals surface area contributed by atoms with Gasteiger partial charge < -0.3 is 15.7 Å². The van der Waals surface area contributed by atoms with E-state index in [2.05, 4.69) is 17.6 Å². The third kappa shape index (κ3) is 9.32. The van der Waals surface area contributed by atoms with E-state index in [-0.39, 0.29) is 18.5 Å². The molecule has 122 valence electrons. The zero-order chi connectivity index (χ0) is 15.7. The molecule has 21 heavy (non-hydrogen) atoms. The van der Waals surface area contributed by atoms with E-state index in [4.69, 9.17) is 5.11 Å². The molecule has 1 rings (SSSR count). The second-order valence-electron chi connectivity index (χ2n) is 6.36. The predicted octanol–water partition coefficient (Wildman–Crippen LogP) is 3.15. The molecule has 0 aromatic heterocycles. The molecule has 0 spiro atoms. The number of carbonyl (C=O) groups excluding carboxylic acids is 1. The minimum absolute atomic E-state index is 0.100. The van der Waals surface area contributed by atoms with Crippen molar-refractivity contribution in [3.8, 4) is 0 Å². The smallest absolute Gasteiger partial charge is 0.314 e. The van der Waals surface area contributed by atoms with Crippen LogP contribution in [0.2, 0.25) is 0 Å². The first-order valence-corrected chi connectivity index (χ1v) is 8.27. The molecule has 0 aromatic rings. The van der Waals surface area contributed by atoms with Crippen molar-refractivity contribution in [3.05, 3.63) is 0 Å². The molecule has 0 saturated heterocycles. The SMILES string of the molecule is CCCC(CCNC(=O)NC(C)CC1CC1)CCC(=O)O. The molecular weight excluding hydrogens is 268 g/mol. The lowest BCUT2D eigenvalue weighted by atomic mass is 9.94. The number of carbonyl (C=O) groups is 2. The summed E-state index contributed by atoms with van der Waals surface area (Å²) >= 11 is 0. The van der Waals surface area contributed by atoms with E-state index in [1.54, 1.807) is 0 Å². The third-order valence-electron chi connectivity index (χ3n) is 4.06.